The molecule has 0 unspecified atom stereocenters. The second-order valence-corrected chi connectivity index (χ2v) is 11.5. The Morgan fingerprint density at radius 1 is 1.05 bits per heavy atom. The summed E-state index contributed by atoms with van der Waals surface area (Å²) in [5.41, 5.74) is 1.23. The number of nitrogens with zero attached hydrogens (tertiary/aromatic N) is 2. The molecule has 2 rings (SSSR count). The summed E-state index contributed by atoms with van der Waals surface area (Å²) in [5.74, 6) is 0.650. The Bertz CT molecular complexity index is 1190. The van der Waals surface area contributed by atoms with Crippen molar-refractivity contribution in [3.63, 3.8) is 0 Å². The molecule has 0 spiro atoms. The van der Waals surface area contributed by atoms with Gasteiger partial charge in [-0.2, -0.15) is 0 Å². The van der Waals surface area contributed by atoms with Gasteiger partial charge in [-0.05, 0) is 62.6 Å². The highest BCUT2D eigenvalue weighted by atomic mass is 35.5. The van der Waals surface area contributed by atoms with E-state index in [-0.39, 0.29) is 48.8 Å². The first-order valence-corrected chi connectivity index (χ1v) is 14.7. The average molecular weight is 568 g/mol. The zero-order valence-corrected chi connectivity index (χ0v) is 24.4. The minimum atomic E-state index is -3.64. The number of methoxy groups -OCH3 is 2. The summed E-state index contributed by atoms with van der Waals surface area (Å²) in [4.78, 5) is 28.0. The third-order valence-electron chi connectivity index (χ3n) is 5.90. The number of carbonyl (C=O) groups is 2. The molecule has 0 aliphatic carbocycles. The normalized spacial score (nSPS) is 12.1. The third-order valence-corrected chi connectivity index (χ3v) is 7.39. The molecule has 0 bridgehead atoms. The number of ether oxygens (including phenoxy) is 2. The molecule has 0 aromatic heterocycles. The minimum absolute atomic E-state index is 0.0531. The van der Waals surface area contributed by atoms with Gasteiger partial charge in [-0.3, -0.25) is 13.9 Å². The molecule has 2 amide bonds. The van der Waals surface area contributed by atoms with Gasteiger partial charge in [0.05, 0.1) is 31.2 Å². The van der Waals surface area contributed by atoms with Crippen LogP contribution in [0.4, 0.5) is 5.69 Å². The summed E-state index contributed by atoms with van der Waals surface area (Å²) in [6.07, 6.45) is 1.83. The smallest absolute Gasteiger partial charge is 0.243 e. The molecule has 0 aliphatic heterocycles. The molecule has 210 valence electrons. The number of amides is 2. The van der Waals surface area contributed by atoms with E-state index in [4.69, 9.17) is 21.1 Å². The van der Waals surface area contributed by atoms with E-state index in [1.54, 1.807) is 36.3 Å². The maximum Gasteiger partial charge on any atom is 0.243 e. The van der Waals surface area contributed by atoms with Crippen molar-refractivity contribution in [3.05, 3.63) is 53.1 Å². The van der Waals surface area contributed by atoms with Crippen LogP contribution in [0.3, 0.4) is 0 Å². The quantitative estimate of drug-likeness (QED) is 0.366. The predicted octanol–water partition coefficient (Wildman–Crippen LogP) is 4.24. The highest BCUT2D eigenvalue weighted by Crippen LogP contribution is 2.30. The predicted molar refractivity (Wildman–Crippen MR) is 150 cm³/mol. The molecule has 0 aliphatic rings. The van der Waals surface area contributed by atoms with Crippen LogP contribution in [0.15, 0.2) is 42.5 Å². The van der Waals surface area contributed by atoms with Gasteiger partial charge in [0.25, 0.3) is 0 Å². The number of rotatable bonds is 14. The Labute approximate surface area is 231 Å². The molecule has 0 radical (unpaired) electrons. The van der Waals surface area contributed by atoms with Crippen LogP contribution in [-0.4, -0.2) is 64.2 Å². The van der Waals surface area contributed by atoms with Crippen molar-refractivity contribution < 1.29 is 27.5 Å². The minimum Gasteiger partial charge on any atom is -0.497 e. The van der Waals surface area contributed by atoms with Gasteiger partial charge in [-0.25, -0.2) is 8.42 Å². The van der Waals surface area contributed by atoms with E-state index in [2.05, 4.69) is 5.32 Å². The lowest BCUT2D eigenvalue weighted by Crippen LogP contribution is -2.50. The van der Waals surface area contributed by atoms with Crippen LogP contribution in [0, 0.1) is 0 Å². The van der Waals surface area contributed by atoms with Crippen LogP contribution in [0.2, 0.25) is 5.02 Å². The standard InChI is InChI=1S/C27H38ClN3O6S/c1-7-24(27(33)29-19(2)3)30(18-20-10-13-22(36-4)14-11-20)26(32)9-8-16-31(38(6,34)35)21-12-15-25(37-5)23(28)17-21/h10-15,17,19,24H,7-9,16,18H2,1-6H3,(H,29,33)/t24-/m0/s1. The average Bonchev–Trinajstić information content (AvgIpc) is 2.85. The molecule has 1 N–H and O–H groups in total. The zero-order valence-electron chi connectivity index (χ0n) is 22.9. The lowest BCUT2D eigenvalue weighted by Gasteiger charge is -2.31. The number of sulfonamides is 1. The number of halogens is 1. The van der Waals surface area contributed by atoms with E-state index < -0.39 is 16.1 Å². The van der Waals surface area contributed by atoms with Crippen LogP contribution in [0.25, 0.3) is 0 Å². The molecule has 11 heteroatoms. The van der Waals surface area contributed by atoms with Gasteiger partial charge < -0.3 is 19.7 Å². The van der Waals surface area contributed by atoms with Gasteiger partial charge in [0, 0.05) is 25.6 Å². The molecular formula is C27H38ClN3O6S. The van der Waals surface area contributed by atoms with E-state index in [0.717, 1.165) is 11.8 Å². The van der Waals surface area contributed by atoms with Crippen molar-refractivity contribution in [2.75, 3.05) is 31.3 Å². The Balaban J connectivity index is 2.24. The van der Waals surface area contributed by atoms with Crippen molar-refractivity contribution >= 4 is 39.1 Å². The van der Waals surface area contributed by atoms with E-state index in [1.165, 1.54) is 17.5 Å². The molecule has 1 atom stereocenters. The van der Waals surface area contributed by atoms with Crippen molar-refractivity contribution in [3.8, 4) is 11.5 Å². The van der Waals surface area contributed by atoms with Crippen LogP contribution >= 0.6 is 11.6 Å². The maximum atomic E-state index is 13.5. The van der Waals surface area contributed by atoms with E-state index in [1.807, 2.05) is 32.9 Å². The first-order chi connectivity index (χ1) is 17.9. The fourth-order valence-corrected chi connectivity index (χ4v) is 5.25. The second kappa shape index (κ2) is 14.2. The highest BCUT2D eigenvalue weighted by molar-refractivity contribution is 7.92. The summed E-state index contributed by atoms with van der Waals surface area (Å²) in [6.45, 7) is 5.89. The monoisotopic (exact) mass is 567 g/mol. The third kappa shape index (κ3) is 8.80. The Hall–Kier alpha value is -2.98. The van der Waals surface area contributed by atoms with Crippen molar-refractivity contribution in [1.82, 2.24) is 10.2 Å². The molecule has 0 saturated carbocycles. The van der Waals surface area contributed by atoms with Gasteiger partial charge in [0.1, 0.15) is 17.5 Å². The number of nitrogens with one attached hydrogen (secondary N) is 1. The first kappa shape index (κ1) is 31.2. The SMILES string of the molecule is CC[C@@H](C(=O)NC(C)C)N(Cc1ccc(OC)cc1)C(=O)CCCN(c1ccc(OC)c(Cl)c1)S(C)(=O)=O. The van der Waals surface area contributed by atoms with E-state index in [0.29, 0.717) is 23.6 Å². The molecular weight excluding hydrogens is 530 g/mol. The molecule has 2 aromatic rings. The molecule has 2 aromatic carbocycles. The molecule has 0 saturated heterocycles. The van der Waals surface area contributed by atoms with Crippen molar-refractivity contribution in [2.24, 2.45) is 0 Å². The van der Waals surface area contributed by atoms with Gasteiger partial charge in [-0.1, -0.05) is 30.7 Å². The Morgan fingerprint density at radius 2 is 1.71 bits per heavy atom. The maximum absolute atomic E-state index is 13.5. The topological polar surface area (TPSA) is 105 Å². The van der Waals surface area contributed by atoms with Crippen molar-refractivity contribution in [1.29, 1.82) is 0 Å². The number of benzene rings is 2. The van der Waals surface area contributed by atoms with Gasteiger partial charge in [-0.15, -0.1) is 0 Å². The number of anilines is 1. The number of hydrogen-bond acceptors (Lipinski definition) is 6. The Kier molecular flexibility index (Phi) is 11.7. The van der Waals surface area contributed by atoms with Crippen LogP contribution in [0.1, 0.15) is 45.6 Å². The Morgan fingerprint density at radius 3 is 2.21 bits per heavy atom. The van der Waals surface area contributed by atoms with Gasteiger partial charge in [0.15, 0.2) is 0 Å². The molecule has 0 heterocycles. The zero-order chi connectivity index (χ0) is 28.5. The lowest BCUT2D eigenvalue weighted by atomic mass is 10.1. The number of carbonyl (C=O) groups excluding carboxylic acids is 2. The summed E-state index contributed by atoms with van der Waals surface area (Å²) in [7, 11) is -0.590. The fraction of sp³-hybridized carbons (Fsp3) is 0.481. The summed E-state index contributed by atoms with van der Waals surface area (Å²) >= 11 is 6.21. The fourth-order valence-electron chi connectivity index (χ4n) is 4.04. The van der Waals surface area contributed by atoms with E-state index >= 15 is 0 Å². The number of hydrogen-bond donors (Lipinski definition) is 1. The molecule has 38 heavy (non-hydrogen) atoms. The van der Waals surface area contributed by atoms with Crippen LogP contribution < -0.4 is 19.1 Å². The van der Waals surface area contributed by atoms with Crippen LogP contribution in [0.5, 0.6) is 11.5 Å². The summed E-state index contributed by atoms with van der Waals surface area (Å²) in [5, 5.41) is 3.18. The second-order valence-electron chi connectivity index (χ2n) is 9.21. The first-order valence-electron chi connectivity index (χ1n) is 12.4. The largest absolute Gasteiger partial charge is 0.497 e. The van der Waals surface area contributed by atoms with Gasteiger partial charge in [0.2, 0.25) is 21.8 Å². The lowest BCUT2D eigenvalue weighted by molar-refractivity contribution is -0.141. The van der Waals surface area contributed by atoms with Crippen molar-refractivity contribution in [2.45, 2.75) is 58.7 Å². The highest BCUT2D eigenvalue weighted by Gasteiger charge is 2.29. The molecule has 9 nitrogen and oxygen atoms in total. The summed E-state index contributed by atoms with van der Waals surface area (Å²) < 4.78 is 36.7. The summed E-state index contributed by atoms with van der Waals surface area (Å²) in [6, 6.07) is 11.3. The van der Waals surface area contributed by atoms with E-state index in [9.17, 15) is 18.0 Å². The van der Waals surface area contributed by atoms with Crippen LogP contribution in [-0.2, 0) is 26.2 Å². The molecule has 0 fully saturated rings. The van der Waals surface area contributed by atoms with Gasteiger partial charge >= 0.3 is 0 Å².